The number of fused-ring (bicyclic) bond motifs is 1. The van der Waals surface area contributed by atoms with Crippen LogP contribution in [0, 0.1) is 0 Å². The fraction of sp³-hybridized carbons (Fsp3) is 0.381. The molecule has 0 unspecified atom stereocenters. The average Bonchev–Trinajstić information content (AvgIpc) is 3.36. The highest BCUT2D eigenvalue weighted by atomic mass is 16.5. The minimum Gasteiger partial charge on any atom is -0.481 e. The fourth-order valence-electron chi connectivity index (χ4n) is 3.69. The monoisotopic (exact) mass is 365 g/mol. The highest BCUT2D eigenvalue weighted by Crippen LogP contribution is 2.27. The lowest BCUT2D eigenvalue weighted by atomic mass is 9.99. The van der Waals surface area contributed by atoms with Crippen LogP contribution in [-0.2, 0) is 27.2 Å². The molecule has 1 aromatic carbocycles. The normalized spacial score (nSPS) is 19.3. The Morgan fingerprint density at radius 1 is 1.37 bits per heavy atom. The Kier molecular flexibility index (Phi) is 5.16. The third-order valence-electron chi connectivity index (χ3n) is 5.02. The molecule has 6 heteroatoms. The van der Waals surface area contributed by atoms with Gasteiger partial charge in [0.25, 0.3) is 0 Å². The second-order valence-electron chi connectivity index (χ2n) is 6.84. The second-order valence-corrected chi connectivity index (χ2v) is 6.84. The zero-order valence-electron chi connectivity index (χ0n) is 15.4. The minimum absolute atomic E-state index is 0.0157. The van der Waals surface area contributed by atoms with Crippen molar-refractivity contribution in [1.29, 1.82) is 0 Å². The number of aliphatic imine (C=N–C) groups is 1. The molecule has 0 aliphatic carbocycles. The van der Waals surface area contributed by atoms with Crippen LogP contribution in [0.25, 0.3) is 0 Å². The molecule has 0 spiro atoms. The summed E-state index contributed by atoms with van der Waals surface area (Å²) in [5.41, 5.74) is 3.75. The van der Waals surface area contributed by atoms with Crippen LogP contribution in [0.15, 0.2) is 47.6 Å². The SMILES string of the molecule is COC1=NCc2cc(CC(=O)N[C@H](c3ccccc3)[C@H]3CCCO3)ncc21. The van der Waals surface area contributed by atoms with Gasteiger partial charge >= 0.3 is 0 Å². The van der Waals surface area contributed by atoms with Gasteiger partial charge < -0.3 is 14.8 Å². The van der Waals surface area contributed by atoms with Gasteiger partial charge in [-0.2, -0.15) is 0 Å². The number of aromatic nitrogens is 1. The van der Waals surface area contributed by atoms with Gasteiger partial charge in [-0.15, -0.1) is 0 Å². The molecule has 0 saturated carbocycles. The molecule has 3 heterocycles. The molecule has 2 aromatic rings. The quantitative estimate of drug-likeness (QED) is 0.884. The molecule has 1 N–H and O–H groups in total. The van der Waals surface area contributed by atoms with E-state index in [1.165, 1.54) is 0 Å². The summed E-state index contributed by atoms with van der Waals surface area (Å²) in [6, 6.07) is 11.8. The lowest BCUT2D eigenvalue weighted by Gasteiger charge is -2.24. The van der Waals surface area contributed by atoms with Crippen molar-refractivity contribution in [3.05, 3.63) is 65.0 Å². The van der Waals surface area contributed by atoms with Gasteiger partial charge in [-0.3, -0.25) is 9.78 Å². The number of carbonyl (C=O) groups is 1. The van der Waals surface area contributed by atoms with Crippen molar-refractivity contribution < 1.29 is 14.3 Å². The van der Waals surface area contributed by atoms with E-state index in [0.29, 0.717) is 12.4 Å². The van der Waals surface area contributed by atoms with Crippen LogP contribution in [0.5, 0.6) is 0 Å². The van der Waals surface area contributed by atoms with Crippen LogP contribution in [-0.4, -0.2) is 36.6 Å². The standard InChI is InChI=1S/C21H23N3O3/c1-26-21-17-13-22-16(10-15(17)12-23-21)11-19(25)24-20(18-8-5-9-27-18)14-6-3-2-4-7-14/h2-4,6-7,10,13,18,20H,5,8-9,11-12H2,1H3,(H,24,25)/t18-,20-/m1/s1. The summed E-state index contributed by atoms with van der Waals surface area (Å²) in [7, 11) is 1.60. The Morgan fingerprint density at radius 2 is 2.22 bits per heavy atom. The van der Waals surface area contributed by atoms with Gasteiger partial charge in [0, 0.05) is 12.8 Å². The van der Waals surface area contributed by atoms with Gasteiger partial charge in [0.2, 0.25) is 11.8 Å². The first kappa shape index (κ1) is 17.7. The molecule has 2 atom stereocenters. The van der Waals surface area contributed by atoms with E-state index in [-0.39, 0.29) is 24.5 Å². The highest BCUT2D eigenvalue weighted by molar-refractivity contribution is 5.97. The Bertz CT molecular complexity index is 845. The number of methoxy groups -OCH3 is 1. The maximum Gasteiger partial charge on any atom is 0.226 e. The van der Waals surface area contributed by atoms with Crippen LogP contribution in [0.3, 0.4) is 0 Å². The maximum absolute atomic E-state index is 12.7. The zero-order chi connectivity index (χ0) is 18.6. The number of pyridine rings is 1. The number of nitrogens with one attached hydrogen (secondary N) is 1. The number of hydrogen-bond acceptors (Lipinski definition) is 5. The Hall–Kier alpha value is -2.73. The van der Waals surface area contributed by atoms with Crippen molar-refractivity contribution in [2.45, 2.75) is 38.0 Å². The van der Waals surface area contributed by atoms with E-state index >= 15 is 0 Å². The molecule has 4 rings (SSSR count). The lowest BCUT2D eigenvalue weighted by Crippen LogP contribution is -2.37. The smallest absolute Gasteiger partial charge is 0.226 e. The molecule has 6 nitrogen and oxygen atoms in total. The topological polar surface area (TPSA) is 72.8 Å². The van der Waals surface area contributed by atoms with Crippen molar-refractivity contribution in [2.24, 2.45) is 4.99 Å². The second kappa shape index (κ2) is 7.88. The van der Waals surface area contributed by atoms with Gasteiger partial charge in [-0.1, -0.05) is 30.3 Å². The van der Waals surface area contributed by atoms with Crippen molar-refractivity contribution in [2.75, 3.05) is 13.7 Å². The molecule has 27 heavy (non-hydrogen) atoms. The first-order chi connectivity index (χ1) is 13.2. The summed E-state index contributed by atoms with van der Waals surface area (Å²) in [6.45, 7) is 1.32. The lowest BCUT2D eigenvalue weighted by molar-refractivity contribution is -0.122. The predicted octanol–water partition coefficient (Wildman–Crippen LogP) is 2.57. The maximum atomic E-state index is 12.7. The number of hydrogen-bond donors (Lipinski definition) is 1. The van der Waals surface area contributed by atoms with Gasteiger partial charge in [0.15, 0.2) is 0 Å². The molecule has 0 bridgehead atoms. The van der Waals surface area contributed by atoms with E-state index in [0.717, 1.165) is 41.8 Å². The van der Waals surface area contributed by atoms with Crippen molar-refractivity contribution in [3.63, 3.8) is 0 Å². The van der Waals surface area contributed by atoms with Crippen LogP contribution in [0.2, 0.25) is 0 Å². The van der Waals surface area contributed by atoms with Crippen molar-refractivity contribution >= 4 is 11.8 Å². The number of carbonyl (C=O) groups excluding carboxylic acids is 1. The summed E-state index contributed by atoms with van der Waals surface area (Å²) < 4.78 is 11.1. The number of amides is 1. The van der Waals surface area contributed by atoms with Crippen molar-refractivity contribution in [1.82, 2.24) is 10.3 Å². The van der Waals surface area contributed by atoms with Gasteiger partial charge in [-0.25, -0.2) is 4.99 Å². The zero-order valence-corrected chi connectivity index (χ0v) is 15.4. The predicted molar refractivity (Wildman–Crippen MR) is 101 cm³/mol. The van der Waals surface area contributed by atoms with E-state index in [4.69, 9.17) is 9.47 Å². The largest absolute Gasteiger partial charge is 0.481 e. The fourth-order valence-corrected chi connectivity index (χ4v) is 3.69. The number of nitrogens with zero attached hydrogens (tertiary/aromatic N) is 2. The summed E-state index contributed by atoms with van der Waals surface area (Å²) in [5.74, 6) is 0.550. The van der Waals surface area contributed by atoms with Crippen LogP contribution < -0.4 is 5.32 Å². The van der Waals surface area contributed by atoms with Crippen LogP contribution in [0.4, 0.5) is 0 Å². The highest BCUT2D eigenvalue weighted by Gasteiger charge is 2.29. The molecule has 1 fully saturated rings. The van der Waals surface area contributed by atoms with E-state index in [2.05, 4.69) is 15.3 Å². The minimum atomic E-state index is -0.140. The van der Waals surface area contributed by atoms with Gasteiger partial charge in [0.05, 0.1) is 43.5 Å². The molecule has 1 amide bonds. The van der Waals surface area contributed by atoms with Gasteiger partial charge in [-0.05, 0) is 30.0 Å². The number of ether oxygens (including phenoxy) is 2. The van der Waals surface area contributed by atoms with Crippen molar-refractivity contribution in [3.8, 4) is 0 Å². The molecule has 140 valence electrons. The Labute approximate surface area is 158 Å². The van der Waals surface area contributed by atoms with E-state index in [1.807, 2.05) is 36.4 Å². The summed E-state index contributed by atoms with van der Waals surface area (Å²) in [4.78, 5) is 21.4. The average molecular weight is 365 g/mol. The van der Waals surface area contributed by atoms with Crippen LogP contribution in [0.1, 0.15) is 41.3 Å². The molecular formula is C21H23N3O3. The molecular weight excluding hydrogens is 342 g/mol. The summed E-state index contributed by atoms with van der Waals surface area (Å²) in [6.07, 6.45) is 3.96. The molecule has 2 aliphatic heterocycles. The molecule has 1 saturated heterocycles. The Balaban J connectivity index is 1.46. The van der Waals surface area contributed by atoms with Crippen LogP contribution >= 0.6 is 0 Å². The first-order valence-electron chi connectivity index (χ1n) is 9.27. The van der Waals surface area contributed by atoms with Gasteiger partial charge in [0.1, 0.15) is 0 Å². The summed E-state index contributed by atoms with van der Waals surface area (Å²) in [5, 5.41) is 3.15. The van der Waals surface area contributed by atoms with E-state index < -0.39 is 0 Å². The van der Waals surface area contributed by atoms with E-state index in [9.17, 15) is 4.79 Å². The molecule has 1 aromatic heterocycles. The number of rotatable bonds is 5. The summed E-state index contributed by atoms with van der Waals surface area (Å²) >= 11 is 0. The number of benzene rings is 1. The first-order valence-corrected chi connectivity index (χ1v) is 9.27. The molecule has 2 aliphatic rings. The Morgan fingerprint density at radius 3 is 2.96 bits per heavy atom. The van der Waals surface area contributed by atoms with E-state index in [1.54, 1.807) is 13.3 Å². The third kappa shape index (κ3) is 3.85. The molecule has 0 radical (unpaired) electrons. The third-order valence-corrected chi connectivity index (χ3v) is 5.02.